The Kier molecular flexibility index (Phi) is 8.86. The predicted octanol–water partition coefficient (Wildman–Crippen LogP) is 3.32. The number of carbonyl (C=O) groups is 2. The molecular weight excluding hydrogens is 478 g/mol. The molecule has 2 heterocycles. The van der Waals surface area contributed by atoms with Crippen molar-refractivity contribution in [3.05, 3.63) is 47.8 Å². The molecule has 3 fully saturated rings. The van der Waals surface area contributed by atoms with Gasteiger partial charge >= 0.3 is 0 Å². The van der Waals surface area contributed by atoms with E-state index in [0.29, 0.717) is 12.1 Å². The molecule has 2 saturated carbocycles. The third-order valence-electron chi connectivity index (χ3n) is 8.34. The van der Waals surface area contributed by atoms with Gasteiger partial charge in [0.1, 0.15) is 0 Å². The monoisotopic (exact) mass is 519 g/mol. The lowest BCUT2D eigenvalue weighted by atomic mass is 9.88. The van der Waals surface area contributed by atoms with Crippen LogP contribution in [0, 0.1) is 5.92 Å². The SMILES string of the molecule is NC1CCCCC1NC(=O)c1ccc(CN2CCN(c3ncccn3)CC2)c(NC(=O)C2CCCCC2)c1. The summed E-state index contributed by atoms with van der Waals surface area (Å²) >= 11 is 0. The fraction of sp³-hybridized carbons (Fsp3) is 0.586. The van der Waals surface area contributed by atoms with Gasteiger partial charge < -0.3 is 21.3 Å². The highest BCUT2D eigenvalue weighted by Gasteiger charge is 2.26. The van der Waals surface area contributed by atoms with Crippen LogP contribution < -0.4 is 21.3 Å². The van der Waals surface area contributed by atoms with Gasteiger partial charge in [-0.2, -0.15) is 0 Å². The summed E-state index contributed by atoms with van der Waals surface area (Å²) in [6, 6.07) is 7.56. The summed E-state index contributed by atoms with van der Waals surface area (Å²) in [6.07, 6.45) is 12.9. The van der Waals surface area contributed by atoms with E-state index in [0.717, 1.165) is 94.7 Å². The van der Waals surface area contributed by atoms with Crippen molar-refractivity contribution in [3.8, 4) is 0 Å². The lowest BCUT2D eigenvalue weighted by molar-refractivity contribution is -0.120. The molecule has 204 valence electrons. The minimum absolute atomic E-state index is 0.00102. The normalized spacial score (nSPS) is 23.1. The van der Waals surface area contributed by atoms with E-state index in [1.807, 2.05) is 24.3 Å². The van der Waals surface area contributed by atoms with E-state index in [4.69, 9.17) is 5.73 Å². The van der Waals surface area contributed by atoms with Gasteiger partial charge in [-0.1, -0.05) is 38.2 Å². The van der Waals surface area contributed by atoms with E-state index in [1.165, 1.54) is 6.42 Å². The molecule has 2 atom stereocenters. The van der Waals surface area contributed by atoms with Crippen molar-refractivity contribution in [2.24, 2.45) is 11.7 Å². The number of rotatable bonds is 7. The number of hydrogen-bond acceptors (Lipinski definition) is 7. The van der Waals surface area contributed by atoms with Gasteiger partial charge in [0, 0.05) is 74.4 Å². The number of hydrogen-bond donors (Lipinski definition) is 3. The maximum Gasteiger partial charge on any atom is 0.251 e. The number of anilines is 2. The number of nitrogens with one attached hydrogen (secondary N) is 2. The zero-order chi connectivity index (χ0) is 26.3. The molecule has 9 nitrogen and oxygen atoms in total. The lowest BCUT2D eigenvalue weighted by Gasteiger charge is -2.35. The summed E-state index contributed by atoms with van der Waals surface area (Å²) in [5, 5.41) is 6.36. The zero-order valence-electron chi connectivity index (χ0n) is 22.3. The second-order valence-corrected chi connectivity index (χ2v) is 11.0. The standard InChI is InChI=1S/C29H41N7O2/c30-24-9-4-5-10-25(24)33-28(38)22-11-12-23(26(19-22)34-27(37)21-7-2-1-3-8-21)20-35-15-17-36(18-16-35)29-31-13-6-14-32-29/h6,11-14,19,21,24-25H,1-5,7-10,15-18,20,30H2,(H,33,38)(H,34,37). The Morgan fingerprint density at radius 2 is 1.63 bits per heavy atom. The van der Waals surface area contributed by atoms with Gasteiger partial charge in [-0.25, -0.2) is 9.97 Å². The average molecular weight is 520 g/mol. The summed E-state index contributed by atoms with van der Waals surface area (Å²) in [5.41, 5.74) is 8.61. The first-order valence-electron chi connectivity index (χ1n) is 14.3. The van der Waals surface area contributed by atoms with Crippen molar-refractivity contribution in [2.75, 3.05) is 36.4 Å². The number of nitrogens with two attached hydrogens (primary N) is 1. The zero-order valence-corrected chi connectivity index (χ0v) is 22.3. The number of benzene rings is 1. The first-order chi connectivity index (χ1) is 18.6. The molecule has 2 amide bonds. The van der Waals surface area contributed by atoms with E-state index in [1.54, 1.807) is 12.4 Å². The van der Waals surface area contributed by atoms with Crippen LogP contribution in [-0.2, 0) is 11.3 Å². The molecule has 1 aromatic heterocycles. The molecule has 38 heavy (non-hydrogen) atoms. The molecular formula is C29H41N7O2. The van der Waals surface area contributed by atoms with Crippen LogP contribution in [0.15, 0.2) is 36.7 Å². The molecule has 1 saturated heterocycles. The van der Waals surface area contributed by atoms with Crippen LogP contribution in [0.25, 0.3) is 0 Å². The minimum Gasteiger partial charge on any atom is -0.348 e. The van der Waals surface area contributed by atoms with Crippen molar-refractivity contribution in [3.63, 3.8) is 0 Å². The van der Waals surface area contributed by atoms with E-state index in [2.05, 4.69) is 30.4 Å². The van der Waals surface area contributed by atoms with Crippen LogP contribution in [0.3, 0.4) is 0 Å². The van der Waals surface area contributed by atoms with Gasteiger partial charge in [-0.15, -0.1) is 0 Å². The fourth-order valence-corrected chi connectivity index (χ4v) is 5.96. The molecule has 2 aliphatic carbocycles. The second-order valence-electron chi connectivity index (χ2n) is 11.0. The second kappa shape index (κ2) is 12.7. The minimum atomic E-state index is -0.122. The molecule has 0 spiro atoms. The Labute approximate surface area is 225 Å². The topological polar surface area (TPSA) is 116 Å². The van der Waals surface area contributed by atoms with Gasteiger partial charge in [-0.05, 0) is 49.4 Å². The maximum atomic E-state index is 13.2. The van der Waals surface area contributed by atoms with Crippen LogP contribution in [0.4, 0.5) is 11.6 Å². The molecule has 1 aliphatic heterocycles. The molecule has 4 N–H and O–H groups in total. The highest BCUT2D eigenvalue weighted by molar-refractivity contribution is 5.98. The highest BCUT2D eigenvalue weighted by atomic mass is 16.2. The van der Waals surface area contributed by atoms with Crippen molar-refractivity contribution in [2.45, 2.75) is 76.4 Å². The molecule has 9 heteroatoms. The molecule has 2 aromatic rings. The molecule has 5 rings (SSSR count). The van der Waals surface area contributed by atoms with Crippen molar-refractivity contribution in [1.82, 2.24) is 20.2 Å². The first kappa shape index (κ1) is 26.6. The Bertz CT molecular complexity index is 1080. The fourth-order valence-electron chi connectivity index (χ4n) is 5.96. The summed E-state index contributed by atoms with van der Waals surface area (Å²) < 4.78 is 0. The molecule has 2 unspecified atom stereocenters. The third-order valence-corrected chi connectivity index (χ3v) is 8.34. The lowest BCUT2D eigenvalue weighted by Crippen LogP contribution is -2.49. The van der Waals surface area contributed by atoms with Crippen LogP contribution in [0.2, 0.25) is 0 Å². The highest BCUT2D eigenvalue weighted by Crippen LogP contribution is 2.27. The summed E-state index contributed by atoms with van der Waals surface area (Å²) in [6.45, 7) is 4.14. The van der Waals surface area contributed by atoms with E-state index in [-0.39, 0.29) is 29.8 Å². The number of nitrogens with zero attached hydrogens (tertiary/aromatic N) is 4. The van der Waals surface area contributed by atoms with Crippen LogP contribution >= 0.6 is 0 Å². The quantitative estimate of drug-likeness (QED) is 0.514. The Morgan fingerprint density at radius 1 is 0.921 bits per heavy atom. The van der Waals surface area contributed by atoms with Crippen molar-refractivity contribution in [1.29, 1.82) is 0 Å². The van der Waals surface area contributed by atoms with E-state index < -0.39 is 0 Å². The van der Waals surface area contributed by atoms with Crippen molar-refractivity contribution >= 4 is 23.5 Å². The number of carbonyl (C=O) groups excluding carboxylic acids is 2. The number of piperazine rings is 1. The smallest absolute Gasteiger partial charge is 0.251 e. The summed E-state index contributed by atoms with van der Waals surface area (Å²) in [7, 11) is 0. The van der Waals surface area contributed by atoms with Crippen molar-refractivity contribution < 1.29 is 9.59 Å². The number of aromatic nitrogens is 2. The summed E-state index contributed by atoms with van der Waals surface area (Å²) in [4.78, 5) is 39.7. The number of amides is 2. The van der Waals surface area contributed by atoms with Gasteiger partial charge in [-0.3, -0.25) is 14.5 Å². The average Bonchev–Trinajstić information content (AvgIpc) is 2.96. The predicted molar refractivity (Wildman–Crippen MR) is 149 cm³/mol. The van der Waals surface area contributed by atoms with E-state index in [9.17, 15) is 9.59 Å². The van der Waals surface area contributed by atoms with Crippen LogP contribution in [0.5, 0.6) is 0 Å². The first-order valence-corrected chi connectivity index (χ1v) is 14.3. The largest absolute Gasteiger partial charge is 0.348 e. The van der Waals surface area contributed by atoms with Crippen LogP contribution in [0.1, 0.15) is 73.7 Å². The van der Waals surface area contributed by atoms with Gasteiger partial charge in [0.2, 0.25) is 11.9 Å². The summed E-state index contributed by atoms with van der Waals surface area (Å²) in [5.74, 6) is 0.761. The Balaban J connectivity index is 1.28. The van der Waals surface area contributed by atoms with E-state index >= 15 is 0 Å². The Hall–Kier alpha value is -3.04. The van der Waals surface area contributed by atoms with Gasteiger partial charge in [0.15, 0.2) is 0 Å². The third kappa shape index (κ3) is 6.69. The molecule has 3 aliphatic rings. The van der Waals surface area contributed by atoms with Crippen LogP contribution in [-0.4, -0.2) is 64.9 Å². The molecule has 1 aromatic carbocycles. The molecule has 0 bridgehead atoms. The van der Waals surface area contributed by atoms with Gasteiger partial charge in [0.05, 0.1) is 0 Å². The molecule has 0 radical (unpaired) electrons. The Morgan fingerprint density at radius 3 is 2.37 bits per heavy atom. The maximum absolute atomic E-state index is 13.2. The van der Waals surface area contributed by atoms with Gasteiger partial charge in [0.25, 0.3) is 5.91 Å².